The molecule has 0 aromatic heterocycles. The summed E-state index contributed by atoms with van der Waals surface area (Å²) >= 11 is 11.6. The second-order valence-corrected chi connectivity index (χ2v) is 9.30. The standard InChI is InChI=1S/C20H22Cl2FNO3/c1-10(27-19(26)14-5-17(23)16(22)6-15(14)21)18(25)24-20-7-11-2-12(8-20)4-13(3-11)9-20/h5-6,10-13H,2-4,7-9H2,1H3,(H,24,25)/t10-,11?,12?,13?,20?/m0/s1. The van der Waals surface area contributed by atoms with E-state index in [1.54, 1.807) is 0 Å². The number of carbonyl (C=O) groups is 2. The Hall–Kier alpha value is -1.33. The molecule has 4 aliphatic carbocycles. The average Bonchev–Trinajstić information content (AvgIpc) is 2.56. The van der Waals surface area contributed by atoms with Gasteiger partial charge in [-0.25, -0.2) is 9.18 Å². The molecular weight excluding hydrogens is 392 g/mol. The Kier molecular flexibility index (Phi) is 4.88. The minimum atomic E-state index is -0.986. The first-order chi connectivity index (χ1) is 12.7. The number of amides is 1. The van der Waals surface area contributed by atoms with Crippen LogP contribution in [-0.4, -0.2) is 23.5 Å². The van der Waals surface area contributed by atoms with Crippen molar-refractivity contribution in [3.05, 3.63) is 33.6 Å². The highest BCUT2D eigenvalue weighted by molar-refractivity contribution is 6.36. The maximum atomic E-state index is 13.6. The van der Waals surface area contributed by atoms with Crippen LogP contribution in [0.4, 0.5) is 4.39 Å². The third-order valence-electron chi connectivity index (χ3n) is 6.31. The van der Waals surface area contributed by atoms with Gasteiger partial charge in [-0.3, -0.25) is 4.79 Å². The van der Waals surface area contributed by atoms with Gasteiger partial charge in [0.1, 0.15) is 5.82 Å². The number of hydrogen-bond acceptors (Lipinski definition) is 3. The molecular formula is C20H22Cl2FNO3. The molecule has 4 saturated carbocycles. The van der Waals surface area contributed by atoms with Crippen molar-refractivity contribution in [3.63, 3.8) is 0 Å². The molecule has 5 rings (SSSR count). The van der Waals surface area contributed by atoms with Gasteiger partial charge < -0.3 is 10.1 Å². The van der Waals surface area contributed by atoms with Crippen LogP contribution < -0.4 is 5.32 Å². The number of esters is 1. The van der Waals surface area contributed by atoms with Crippen molar-refractivity contribution in [3.8, 4) is 0 Å². The van der Waals surface area contributed by atoms with Crippen LogP contribution >= 0.6 is 23.2 Å². The van der Waals surface area contributed by atoms with Gasteiger partial charge in [0.15, 0.2) is 6.10 Å². The lowest BCUT2D eigenvalue weighted by atomic mass is 9.53. The number of carbonyl (C=O) groups excluding carboxylic acids is 2. The molecule has 0 heterocycles. The Morgan fingerprint density at radius 3 is 2.22 bits per heavy atom. The van der Waals surface area contributed by atoms with Crippen LogP contribution in [0.2, 0.25) is 10.0 Å². The quantitative estimate of drug-likeness (QED) is 0.571. The summed E-state index contributed by atoms with van der Waals surface area (Å²) in [6, 6.07) is 2.08. The molecule has 7 heteroatoms. The summed E-state index contributed by atoms with van der Waals surface area (Å²) < 4.78 is 18.9. The summed E-state index contributed by atoms with van der Waals surface area (Å²) in [6.07, 6.45) is 5.89. The summed E-state index contributed by atoms with van der Waals surface area (Å²) in [5, 5.41) is 2.98. The molecule has 4 aliphatic rings. The molecule has 1 aromatic rings. The lowest BCUT2D eigenvalue weighted by Gasteiger charge is -2.57. The molecule has 0 spiro atoms. The fraction of sp³-hybridized carbons (Fsp3) is 0.600. The van der Waals surface area contributed by atoms with Crippen LogP contribution in [0.15, 0.2) is 12.1 Å². The van der Waals surface area contributed by atoms with Gasteiger partial charge in [-0.15, -0.1) is 0 Å². The van der Waals surface area contributed by atoms with E-state index < -0.39 is 17.9 Å². The van der Waals surface area contributed by atoms with E-state index in [0.717, 1.165) is 31.4 Å². The summed E-state index contributed by atoms with van der Waals surface area (Å²) in [7, 11) is 0. The van der Waals surface area contributed by atoms with Crippen molar-refractivity contribution in [1.82, 2.24) is 5.32 Å². The Morgan fingerprint density at radius 2 is 1.67 bits per heavy atom. The smallest absolute Gasteiger partial charge is 0.340 e. The second-order valence-electron chi connectivity index (χ2n) is 8.48. The minimum Gasteiger partial charge on any atom is -0.449 e. The zero-order chi connectivity index (χ0) is 19.3. The third kappa shape index (κ3) is 3.68. The number of ether oxygens (including phenoxy) is 1. The average molecular weight is 414 g/mol. The van der Waals surface area contributed by atoms with Gasteiger partial charge >= 0.3 is 5.97 Å². The van der Waals surface area contributed by atoms with Crippen molar-refractivity contribution in [2.45, 2.75) is 57.1 Å². The van der Waals surface area contributed by atoms with Crippen molar-refractivity contribution in [2.24, 2.45) is 17.8 Å². The van der Waals surface area contributed by atoms with Gasteiger partial charge in [-0.05, 0) is 75.3 Å². The Balaban J connectivity index is 1.41. The van der Waals surface area contributed by atoms with Crippen molar-refractivity contribution < 1.29 is 18.7 Å². The number of benzene rings is 1. The van der Waals surface area contributed by atoms with Crippen LogP contribution in [0.1, 0.15) is 55.8 Å². The molecule has 27 heavy (non-hydrogen) atoms. The summed E-state index contributed by atoms with van der Waals surface area (Å²) in [5.74, 6) is 0.180. The van der Waals surface area contributed by atoms with Crippen LogP contribution in [0, 0.1) is 23.6 Å². The molecule has 1 aromatic carbocycles. The third-order valence-corrected chi connectivity index (χ3v) is 6.91. The Labute approximate surface area is 167 Å². The molecule has 146 valence electrons. The maximum Gasteiger partial charge on any atom is 0.340 e. The number of halogens is 3. The van der Waals surface area contributed by atoms with E-state index in [4.69, 9.17) is 27.9 Å². The first-order valence-corrected chi connectivity index (χ1v) is 10.2. The summed E-state index contributed by atoms with van der Waals surface area (Å²) in [4.78, 5) is 25.0. The lowest BCUT2D eigenvalue weighted by Crippen LogP contribution is -2.61. The second kappa shape index (κ2) is 6.93. The van der Waals surface area contributed by atoms with E-state index in [0.29, 0.717) is 17.8 Å². The molecule has 0 unspecified atom stereocenters. The molecule has 4 bridgehead atoms. The largest absolute Gasteiger partial charge is 0.449 e. The predicted octanol–water partition coefficient (Wildman–Crippen LogP) is 4.76. The van der Waals surface area contributed by atoms with Gasteiger partial charge in [-0.1, -0.05) is 23.2 Å². The molecule has 0 aliphatic heterocycles. The SMILES string of the molecule is C[C@H](OC(=O)c1cc(F)c(Cl)cc1Cl)C(=O)NC12CC3CC(CC(C3)C1)C2. The normalized spacial score (nSPS) is 32.2. The lowest BCUT2D eigenvalue weighted by molar-refractivity contribution is -0.134. The van der Waals surface area contributed by atoms with E-state index in [-0.39, 0.29) is 27.1 Å². The zero-order valence-corrected chi connectivity index (χ0v) is 16.6. The van der Waals surface area contributed by atoms with Crippen LogP contribution in [0.25, 0.3) is 0 Å². The number of nitrogens with one attached hydrogen (secondary N) is 1. The number of rotatable bonds is 4. The van der Waals surface area contributed by atoms with Crippen LogP contribution in [0.5, 0.6) is 0 Å². The summed E-state index contributed by atoms with van der Waals surface area (Å²) in [5.41, 5.74) is -0.302. The first kappa shape index (κ1) is 19.0. The highest BCUT2D eigenvalue weighted by Gasteiger charge is 2.51. The topological polar surface area (TPSA) is 55.4 Å². The van der Waals surface area contributed by atoms with Gasteiger partial charge in [0.05, 0.1) is 15.6 Å². The minimum absolute atomic E-state index is 0.0138. The van der Waals surface area contributed by atoms with Crippen molar-refractivity contribution in [2.75, 3.05) is 0 Å². The molecule has 4 nitrogen and oxygen atoms in total. The Bertz CT molecular complexity index is 762. The molecule has 4 fully saturated rings. The van der Waals surface area contributed by atoms with Crippen molar-refractivity contribution >= 4 is 35.1 Å². The predicted molar refractivity (Wildman–Crippen MR) is 100 cm³/mol. The van der Waals surface area contributed by atoms with E-state index in [1.807, 2.05) is 0 Å². The van der Waals surface area contributed by atoms with Crippen LogP contribution in [0.3, 0.4) is 0 Å². The fourth-order valence-electron chi connectivity index (χ4n) is 5.58. The van der Waals surface area contributed by atoms with Gasteiger partial charge in [0.2, 0.25) is 0 Å². The zero-order valence-electron chi connectivity index (χ0n) is 15.1. The fourth-order valence-corrected chi connectivity index (χ4v) is 6.04. The van der Waals surface area contributed by atoms with Gasteiger partial charge in [-0.2, -0.15) is 0 Å². The van der Waals surface area contributed by atoms with Crippen LogP contribution in [-0.2, 0) is 9.53 Å². The maximum absolute atomic E-state index is 13.6. The molecule has 0 radical (unpaired) electrons. The molecule has 1 atom stereocenters. The van der Waals surface area contributed by atoms with Gasteiger partial charge in [0.25, 0.3) is 5.91 Å². The van der Waals surface area contributed by atoms with E-state index in [2.05, 4.69) is 5.32 Å². The van der Waals surface area contributed by atoms with E-state index >= 15 is 0 Å². The summed E-state index contributed by atoms with van der Waals surface area (Å²) in [6.45, 7) is 1.52. The molecule has 1 N–H and O–H groups in total. The van der Waals surface area contributed by atoms with Gasteiger partial charge in [0, 0.05) is 5.54 Å². The van der Waals surface area contributed by atoms with E-state index in [1.165, 1.54) is 26.2 Å². The first-order valence-electron chi connectivity index (χ1n) is 9.42. The van der Waals surface area contributed by atoms with E-state index in [9.17, 15) is 14.0 Å². The Morgan fingerprint density at radius 1 is 1.11 bits per heavy atom. The molecule has 0 saturated heterocycles. The van der Waals surface area contributed by atoms with Crippen molar-refractivity contribution in [1.29, 1.82) is 0 Å². The highest BCUT2D eigenvalue weighted by Crippen LogP contribution is 2.55. The monoisotopic (exact) mass is 413 g/mol. The number of hydrogen-bond donors (Lipinski definition) is 1. The highest BCUT2D eigenvalue weighted by atomic mass is 35.5. The molecule has 1 amide bonds.